The van der Waals surface area contributed by atoms with Gasteiger partial charge in [0.2, 0.25) is 5.91 Å². The molecule has 2 rings (SSSR count). The van der Waals surface area contributed by atoms with E-state index in [2.05, 4.69) is 18.5 Å². The Bertz CT molecular complexity index is 743. The molecule has 32 heavy (non-hydrogen) atoms. The predicted molar refractivity (Wildman–Crippen MR) is 124 cm³/mol. The summed E-state index contributed by atoms with van der Waals surface area (Å²) in [7, 11) is 3.13. The highest BCUT2D eigenvalue weighted by Crippen LogP contribution is 2.36. The largest absolute Gasteiger partial charge is 0.457 e. The number of ether oxygens (including phenoxy) is 4. The topological polar surface area (TPSA) is 83.1 Å². The van der Waals surface area contributed by atoms with Crippen LogP contribution >= 0.6 is 11.8 Å². The second-order valence-electron chi connectivity index (χ2n) is 7.29. The maximum atomic E-state index is 12.4. The van der Waals surface area contributed by atoms with Crippen molar-refractivity contribution in [1.82, 2.24) is 5.32 Å². The fourth-order valence-corrected chi connectivity index (χ4v) is 4.58. The van der Waals surface area contributed by atoms with Crippen molar-refractivity contribution in [3.8, 4) is 0 Å². The highest BCUT2D eigenvalue weighted by atomic mass is 32.2. The van der Waals surface area contributed by atoms with Gasteiger partial charge in [-0.2, -0.15) is 0 Å². The molecule has 1 aromatic rings. The molecule has 1 N–H and O–H groups in total. The number of nitrogens with one attached hydrogen (secondary N) is 1. The van der Waals surface area contributed by atoms with Gasteiger partial charge in [0.05, 0.1) is 0 Å². The van der Waals surface area contributed by atoms with Crippen molar-refractivity contribution in [3.63, 3.8) is 0 Å². The lowest BCUT2D eigenvalue weighted by molar-refractivity contribution is -0.225. The van der Waals surface area contributed by atoms with Crippen LogP contribution in [-0.2, 0) is 28.5 Å². The van der Waals surface area contributed by atoms with Crippen molar-refractivity contribution in [3.05, 3.63) is 55.6 Å². The van der Waals surface area contributed by atoms with Gasteiger partial charge in [-0.05, 0) is 25.0 Å². The number of carbonyl (C=O) groups excluding carboxylic acids is 2. The summed E-state index contributed by atoms with van der Waals surface area (Å²) in [6.45, 7) is 7.46. The maximum Gasteiger partial charge on any atom is 0.306 e. The van der Waals surface area contributed by atoms with Gasteiger partial charge in [0.25, 0.3) is 0 Å². The summed E-state index contributed by atoms with van der Waals surface area (Å²) in [6.07, 6.45) is 2.57. The minimum absolute atomic E-state index is 0.125. The van der Waals surface area contributed by atoms with Gasteiger partial charge in [0.15, 0.2) is 6.10 Å². The third-order valence-corrected chi connectivity index (χ3v) is 6.18. The van der Waals surface area contributed by atoms with Gasteiger partial charge in [0, 0.05) is 38.5 Å². The molecule has 1 saturated heterocycles. The summed E-state index contributed by atoms with van der Waals surface area (Å²) in [5.41, 5.74) is -0.425. The molecule has 1 aliphatic rings. The number of amides is 1. The van der Waals surface area contributed by atoms with E-state index in [0.717, 1.165) is 4.90 Å². The van der Waals surface area contributed by atoms with Gasteiger partial charge in [-0.25, -0.2) is 0 Å². The van der Waals surface area contributed by atoms with Crippen molar-refractivity contribution in [2.24, 2.45) is 0 Å². The fourth-order valence-electron chi connectivity index (χ4n) is 3.40. The summed E-state index contributed by atoms with van der Waals surface area (Å²) in [6, 6.07) is 9.80. The first kappa shape index (κ1) is 26.1. The molecule has 1 heterocycles. The second kappa shape index (κ2) is 14.1. The molecule has 1 fully saturated rings. The number of benzene rings is 1. The highest BCUT2D eigenvalue weighted by molar-refractivity contribution is 7.99. The van der Waals surface area contributed by atoms with E-state index >= 15 is 0 Å². The van der Waals surface area contributed by atoms with Crippen LogP contribution in [-0.4, -0.2) is 62.5 Å². The van der Waals surface area contributed by atoms with E-state index < -0.39 is 29.9 Å². The van der Waals surface area contributed by atoms with Crippen LogP contribution in [0.25, 0.3) is 0 Å². The molecule has 7 nitrogen and oxygen atoms in total. The van der Waals surface area contributed by atoms with E-state index in [4.69, 9.17) is 18.9 Å². The third kappa shape index (κ3) is 7.78. The second-order valence-corrected chi connectivity index (χ2v) is 8.46. The summed E-state index contributed by atoms with van der Waals surface area (Å²) in [5, 5.41) is 2.87. The Hall–Kier alpha value is -2.13. The van der Waals surface area contributed by atoms with E-state index in [9.17, 15) is 9.59 Å². The predicted octanol–water partition coefficient (Wildman–Crippen LogP) is 3.49. The van der Waals surface area contributed by atoms with Crippen LogP contribution in [0.3, 0.4) is 0 Å². The fraction of sp³-hybridized carbons (Fsp3) is 0.500. The zero-order chi connectivity index (χ0) is 23.3. The first-order valence-corrected chi connectivity index (χ1v) is 11.5. The average Bonchev–Trinajstić information content (AvgIpc) is 2.81. The molecule has 0 saturated carbocycles. The average molecular weight is 464 g/mol. The van der Waals surface area contributed by atoms with Gasteiger partial charge < -0.3 is 24.3 Å². The van der Waals surface area contributed by atoms with Crippen molar-refractivity contribution in [1.29, 1.82) is 0 Å². The zero-order valence-electron chi connectivity index (χ0n) is 18.7. The van der Waals surface area contributed by atoms with Crippen LogP contribution < -0.4 is 5.32 Å². The van der Waals surface area contributed by atoms with Gasteiger partial charge in [-0.3, -0.25) is 9.59 Å². The van der Waals surface area contributed by atoms with E-state index in [0.29, 0.717) is 19.3 Å². The molecule has 8 heteroatoms. The first-order valence-electron chi connectivity index (χ1n) is 10.6. The highest BCUT2D eigenvalue weighted by Gasteiger charge is 2.49. The SMILES string of the molecule is C=CCCC(=O)NC[C@H]1O[C@@H](Sc2ccccc2)[C@H](OC)[C@@H](OC)[C@@H]1OC(=O)CCC=C. The van der Waals surface area contributed by atoms with Gasteiger partial charge in [-0.1, -0.05) is 42.1 Å². The lowest BCUT2D eigenvalue weighted by Crippen LogP contribution is -2.61. The lowest BCUT2D eigenvalue weighted by atomic mass is 9.98. The number of esters is 1. The molecule has 5 atom stereocenters. The molecule has 0 aromatic heterocycles. The molecular weight excluding hydrogens is 430 g/mol. The normalized spacial score (nSPS) is 25.0. The van der Waals surface area contributed by atoms with Gasteiger partial charge in [0.1, 0.15) is 23.7 Å². The molecule has 0 aliphatic carbocycles. The molecule has 0 unspecified atom stereocenters. The first-order chi connectivity index (χ1) is 15.5. The van der Waals surface area contributed by atoms with Crippen molar-refractivity contribution in [2.75, 3.05) is 20.8 Å². The Balaban J connectivity index is 2.22. The van der Waals surface area contributed by atoms with Crippen LogP contribution in [0.2, 0.25) is 0 Å². The van der Waals surface area contributed by atoms with Crippen molar-refractivity contribution >= 4 is 23.6 Å². The quantitative estimate of drug-likeness (QED) is 0.354. The summed E-state index contributed by atoms with van der Waals surface area (Å²) >= 11 is 1.50. The lowest BCUT2D eigenvalue weighted by Gasteiger charge is -2.44. The number of rotatable bonds is 13. The van der Waals surface area contributed by atoms with Gasteiger partial charge >= 0.3 is 5.97 Å². The summed E-state index contributed by atoms with van der Waals surface area (Å²) < 4.78 is 23.5. The van der Waals surface area contributed by atoms with E-state index in [1.54, 1.807) is 26.4 Å². The molecule has 0 spiro atoms. The number of hydrogen-bond donors (Lipinski definition) is 1. The van der Waals surface area contributed by atoms with Gasteiger partial charge in [-0.15, -0.1) is 13.2 Å². The van der Waals surface area contributed by atoms with Crippen molar-refractivity contribution in [2.45, 2.75) is 60.4 Å². The van der Waals surface area contributed by atoms with Crippen LogP contribution in [0.4, 0.5) is 0 Å². The molecule has 0 bridgehead atoms. The molecule has 0 radical (unpaired) electrons. The Morgan fingerprint density at radius 1 is 1.03 bits per heavy atom. The minimum atomic E-state index is -0.741. The van der Waals surface area contributed by atoms with Crippen LogP contribution in [0.1, 0.15) is 25.7 Å². The molecular formula is C24H33NO6S. The Morgan fingerprint density at radius 2 is 1.69 bits per heavy atom. The van der Waals surface area contributed by atoms with E-state index in [-0.39, 0.29) is 24.8 Å². The molecule has 1 aromatic carbocycles. The monoisotopic (exact) mass is 463 g/mol. The number of allylic oxidation sites excluding steroid dienone is 2. The van der Waals surface area contributed by atoms with Crippen LogP contribution in [0.5, 0.6) is 0 Å². The Labute approximate surface area is 194 Å². The molecule has 1 aliphatic heterocycles. The summed E-state index contributed by atoms with van der Waals surface area (Å²) in [4.78, 5) is 25.6. The third-order valence-electron chi connectivity index (χ3n) is 5.03. The van der Waals surface area contributed by atoms with E-state index in [1.807, 2.05) is 30.3 Å². The smallest absolute Gasteiger partial charge is 0.306 e. The summed E-state index contributed by atoms with van der Waals surface area (Å²) in [5.74, 6) is -0.507. The zero-order valence-corrected chi connectivity index (χ0v) is 19.6. The maximum absolute atomic E-state index is 12.4. The van der Waals surface area contributed by atoms with Crippen LogP contribution in [0.15, 0.2) is 60.5 Å². The Kier molecular flexibility index (Phi) is 11.5. The van der Waals surface area contributed by atoms with Crippen LogP contribution in [0, 0.1) is 0 Å². The minimum Gasteiger partial charge on any atom is -0.457 e. The number of methoxy groups -OCH3 is 2. The van der Waals surface area contributed by atoms with E-state index in [1.165, 1.54) is 11.8 Å². The Morgan fingerprint density at radius 3 is 2.31 bits per heavy atom. The van der Waals surface area contributed by atoms with Crippen molar-refractivity contribution < 1.29 is 28.5 Å². The number of thioether (sulfide) groups is 1. The number of carbonyl (C=O) groups is 2. The molecule has 176 valence electrons. The standard InChI is InChI=1S/C24H33NO6S/c1-5-7-14-19(26)25-16-18-21(31-20(27)15-8-6-2)22(28-3)23(29-4)24(30-18)32-17-12-10-9-11-13-17/h5-6,9-13,18,21-24H,1-2,7-8,14-16H2,3-4H3,(H,25,26)/t18-,21-,22+,23-,24+/m1/s1. The number of hydrogen-bond acceptors (Lipinski definition) is 7. The molecule has 1 amide bonds.